The summed E-state index contributed by atoms with van der Waals surface area (Å²) in [6, 6.07) is 0. The summed E-state index contributed by atoms with van der Waals surface area (Å²) in [6.07, 6.45) is 0.594. The molecular formula is C8H13Cl2N5S2. The Morgan fingerprint density at radius 2 is 2.29 bits per heavy atom. The van der Waals surface area contributed by atoms with E-state index in [1.807, 2.05) is 5.38 Å². The number of aliphatic imine (C=N–C) groups is 1. The van der Waals surface area contributed by atoms with E-state index in [-0.39, 0.29) is 23.5 Å². The van der Waals surface area contributed by atoms with Crippen molar-refractivity contribution >= 4 is 63.4 Å². The Kier molecular flexibility index (Phi) is 8.32. The molecule has 0 saturated carbocycles. The number of aromatic nitrogens is 1. The number of thioether (sulfide) groups is 1. The van der Waals surface area contributed by atoms with Gasteiger partial charge in [0, 0.05) is 23.3 Å². The second-order valence-corrected chi connectivity index (χ2v) is 5.26. The van der Waals surface area contributed by atoms with Crippen molar-refractivity contribution in [2.75, 3.05) is 5.75 Å². The van der Waals surface area contributed by atoms with E-state index in [4.69, 9.17) is 28.5 Å². The van der Waals surface area contributed by atoms with Crippen LogP contribution in [0.5, 0.6) is 0 Å². The first-order valence-corrected chi connectivity index (χ1v) is 6.84. The van der Waals surface area contributed by atoms with E-state index in [0.717, 1.165) is 17.2 Å². The fourth-order valence-electron chi connectivity index (χ4n) is 0.863. The third-order valence-electron chi connectivity index (χ3n) is 1.48. The quantitative estimate of drug-likeness (QED) is 0.426. The minimum Gasteiger partial charge on any atom is -0.370 e. The van der Waals surface area contributed by atoms with Gasteiger partial charge in [0.25, 0.3) is 0 Å². The zero-order valence-electron chi connectivity index (χ0n) is 8.85. The number of guanidine groups is 1. The molecule has 0 saturated heterocycles. The summed E-state index contributed by atoms with van der Waals surface area (Å²) in [6.45, 7) is 0. The largest absolute Gasteiger partial charge is 0.370 e. The second kappa shape index (κ2) is 8.57. The Morgan fingerprint density at radius 1 is 1.59 bits per heavy atom. The molecule has 0 amide bonds. The average molecular weight is 314 g/mol. The molecule has 0 atom stereocenters. The fourth-order valence-corrected chi connectivity index (χ4v) is 2.73. The van der Waals surface area contributed by atoms with Crippen LogP contribution in [0.25, 0.3) is 0 Å². The highest BCUT2D eigenvalue weighted by molar-refractivity contribution is 7.98. The average Bonchev–Trinajstić information content (AvgIpc) is 2.59. The van der Waals surface area contributed by atoms with E-state index in [1.54, 1.807) is 11.8 Å². The molecule has 0 spiro atoms. The summed E-state index contributed by atoms with van der Waals surface area (Å²) >= 11 is 8.51. The number of nitrogens with zero attached hydrogens (tertiary/aromatic N) is 2. The van der Waals surface area contributed by atoms with Crippen molar-refractivity contribution in [1.29, 1.82) is 5.41 Å². The molecular weight excluding hydrogens is 301 g/mol. The van der Waals surface area contributed by atoms with E-state index in [2.05, 4.69) is 9.98 Å². The van der Waals surface area contributed by atoms with Crippen LogP contribution in [0, 0.1) is 5.41 Å². The van der Waals surface area contributed by atoms with Crippen molar-refractivity contribution < 1.29 is 0 Å². The van der Waals surface area contributed by atoms with Gasteiger partial charge < -0.3 is 11.5 Å². The zero-order valence-corrected chi connectivity index (χ0v) is 12.1. The lowest BCUT2D eigenvalue weighted by Crippen LogP contribution is -2.21. The van der Waals surface area contributed by atoms with Crippen molar-refractivity contribution in [2.45, 2.75) is 12.2 Å². The molecule has 17 heavy (non-hydrogen) atoms. The van der Waals surface area contributed by atoms with Gasteiger partial charge in [0.15, 0.2) is 5.96 Å². The second-order valence-electron chi connectivity index (χ2n) is 2.87. The van der Waals surface area contributed by atoms with Crippen LogP contribution in [0.15, 0.2) is 10.4 Å². The van der Waals surface area contributed by atoms with Crippen LogP contribution in [-0.4, -0.2) is 21.9 Å². The number of halogens is 2. The van der Waals surface area contributed by atoms with E-state index in [0.29, 0.717) is 11.6 Å². The van der Waals surface area contributed by atoms with Crippen LogP contribution in [0.1, 0.15) is 12.1 Å². The van der Waals surface area contributed by atoms with Gasteiger partial charge in [0.1, 0.15) is 0 Å². The molecule has 1 aromatic rings. The first-order chi connectivity index (χ1) is 7.58. The van der Waals surface area contributed by atoms with E-state index in [9.17, 15) is 0 Å². The van der Waals surface area contributed by atoms with E-state index in [1.165, 1.54) is 11.3 Å². The maximum absolute atomic E-state index is 7.05. The zero-order chi connectivity index (χ0) is 12.0. The SMILES string of the molecule is Cl.N=C(Cl)CCSCc1csc(N=C(N)N)n1. The Labute approximate surface area is 119 Å². The predicted octanol–water partition coefficient (Wildman–Crippen LogP) is 2.31. The van der Waals surface area contributed by atoms with Gasteiger partial charge in [0.05, 0.1) is 10.9 Å². The number of hydrogen-bond donors (Lipinski definition) is 3. The summed E-state index contributed by atoms with van der Waals surface area (Å²) in [5.41, 5.74) is 11.4. The molecule has 0 fully saturated rings. The van der Waals surface area contributed by atoms with Gasteiger partial charge in [-0.15, -0.1) is 23.7 Å². The Hall–Kier alpha value is -0.500. The maximum Gasteiger partial charge on any atom is 0.212 e. The molecule has 0 aliphatic rings. The monoisotopic (exact) mass is 313 g/mol. The summed E-state index contributed by atoms with van der Waals surface area (Å²) in [7, 11) is 0. The summed E-state index contributed by atoms with van der Waals surface area (Å²) in [4.78, 5) is 8.08. The van der Waals surface area contributed by atoms with Crippen LogP contribution in [-0.2, 0) is 5.75 Å². The first-order valence-electron chi connectivity index (χ1n) is 4.42. The fraction of sp³-hybridized carbons (Fsp3) is 0.375. The minimum absolute atomic E-state index is 0. The normalized spacial score (nSPS) is 9.47. The molecule has 0 aliphatic heterocycles. The molecule has 0 aliphatic carbocycles. The first kappa shape index (κ1) is 16.5. The smallest absolute Gasteiger partial charge is 0.212 e. The van der Waals surface area contributed by atoms with Gasteiger partial charge >= 0.3 is 0 Å². The predicted molar refractivity (Wildman–Crippen MR) is 79.2 cm³/mol. The van der Waals surface area contributed by atoms with Gasteiger partial charge in [-0.2, -0.15) is 16.8 Å². The number of nitrogens with two attached hydrogens (primary N) is 2. The van der Waals surface area contributed by atoms with Crippen molar-refractivity contribution in [3.8, 4) is 0 Å². The maximum atomic E-state index is 7.05. The van der Waals surface area contributed by atoms with E-state index >= 15 is 0 Å². The lowest BCUT2D eigenvalue weighted by atomic mass is 10.5. The Bertz CT molecular complexity index is 389. The van der Waals surface area contributed by atoms with Crippen molar-refractivity contribution in [3.63, 3.8) is 0 Å². The standard InChI is InChI=1S/C8H12ClN5S2.ClH/c9-6(10)1-2-15-3-5-4-16-8(13-5)14-7(11)12;/h4,10H,1-3H2,(H4,11,12,13,14);1H. The molecule has 0 unspecified atom stereocenters. The molecule has 0 radical (unpaired) electrons. The third kappa shape index (κ3) is 7.43. The number of rotatable bonds is 6. The summed E-state index contributed by atoms with van der Waals surface area (Å²) in [5, 5.41) is 9.73. The molecule has 1 heterocycles. The lowest BCUT2D eigenvalue weighted by molar-refractivity contribution is 1.20. The van der Waals surface area contributed by atoms with Crippen molar-refractivity contribution in [1.82, 2.24) is 4.98 Å². The molecule has 5 N–H and O–H groups in total. The molecule has 0 bridgehead atoms. The van der Waals surface area contributed by atoms with Crippen LogP contribution in [0.4, 0.5) is 5.13 Å². The van der Waals surface area contributed by atoms with Crippen LogP contribution >= 0.6 is 47.1 Å². The molecule has 1 rings (SSSR count). The molecule has 96 valence electrons. The summed E-state index contributed by atoms with van der Waals surface area (Å²) in [5.74, 6) is 1.61. The highest BCUT2D eigenvalue weighted by Gasteiger charge is 2.01. The number of hydrogen-bond acceptors (Lipinski definition) is 5. The van der Waals surface area contributed by atoms with Crippen molar-refractivity contribution in [2.24, 2.45) is 16.5 Å². The van der Waals surface area contributed by atoms with E-state index < -0.39 is 0 Å². The Balaban J connectivity index is 0.00000256. The molecule has 9 heteroatoms. The van der Waals surface area contributed by atoms with Crippen LogP contribution < -0.4 is 11.5 Å². The number of thiazole rings is 1. The third-order valence-corrected chi connectivity index (χ3v) is 3.45. The van der Waals surface area contributed by atoms with Gasteiger partial charge in [-0.05, 0) is 0 Å². The van der Waals surface area contributed by atoms with Crippen molar-refractivity contribution in [3.05, 3.63) is 11.1 Å². The highest BCUT2D eigenvalue weighted by atomic mass is 35.5. The van der Waals surface area contributed by atoms with Crippen LogP contribution in [0.2, 0.25) is 0 Å². The lowest BCUT2D eigenvalue weighted by Gasteiger charge is -1.96. The molecule has 1 aromatic heterocycles. The number of nitrogens with one attached hydrogen (secondary N) is 1. The highest BCUT2D eigenvalue weighted by Crippen LogP contribution is 2.22. The molecule has 5 nitrogen and oxygen atoms in total. The summed E-state index contributed by atoms with van der Waals surface area (Å²) < 4.78 is 0. The van der Waals surface area contributed by atoms with Gasteiger partial charge in [-0.3, -0.25) is 5.41 Å². The Morgan fingerprint density at radius 3 is 2.88 bits per heavy atom. The topological polar surface area (TPSA) is 101 Å². The molecule has 0 aromatic carbocycles. The minimum atomic E-state index is 0. The van der Waals surface area contributed by atoms with Gasteiger partial charge in [-0.25, -0.2) is 4.98 Å². The van der Waals surface area contributed by atoms with Crippen LogP contribution in [0.3, 0.4) is 0 Å². The van der Waals surface area contributed by atoms with Gasteiger partial charge in [0.2, 0.25) is 5.13 Å². The van der Waals surface area contributed by atoms with Gasteiger partial charge in [-0.1, -0.05) is 11.6 Å².